The number of nitrogens with zero attached hydrogens (tertiary/aromatic N) is 3. The maximum absolute atomic E-state index is 12.2. The van der Waals surface area contributed by atoms with Crippen molar-refractivity contribution in [3.8, 4) is 11.6 Å². The van der Waals surface area contributed by atoms with Gasteiger partial charge in [0.05, 0.1) is 5.52 Å². The van der Waals surface area contributed by atoms with Crippen LogP contribution in [0, 0.1) is 0 Å². The van der Waals surface area contributed by atoms with Gasteiger partial charge in [-0.25, -0.2) is 0 Å². The molecule has 0 radical (unpaired) electrons. The first-order valence-electron chi connectivity index (χ1n) is 9.63. The molecule has 0 saturated heterocycles. The van der Waals surface area contributed by atoms with Gasteiger partial charge >= 0.3 is 5.91 Å². The quantitative estimate of drug-likeness (QED) is 0.336. The second-order valence-electron chi connectivity index (χ2n) is 6.88. The Labute approximate surface area is 181 Å². The number of aromatic hydroxyl groups is 1. The summed E-state index contributed by atoms with van der Waals surface area (Å²) in [6, 6.07) is 19.1. The van der Waals surface area contributed by atoms with Gasteiger partial charge in [0.1, 0.15) is 5.75 Å². The molecule has 0 unspecified atom stereocenters. The Morgan fingerprint density at radius 1 is 1.10 bits per heavy atom. The van der Waals surface area contributed by atoms with E-state index < -0.39 is 5.91 Å². The van der Waals surface area contributed by atoms with Gasteiger partial charge in [-0.05, 0) is 47.5 Å². The molecule has 3 aromatic carbocycles. The van der Waals surface area contributed by atoms with Crippen LogP contribution < -0.4 is 4.74 Å². The number of azo groups is 1. The lowest BCUT2D eigenvalue weighted by Crippen LogP contribution is -2.07. The number of ether oxygens (including phenoxy) is 1. The molecule has 30 heavy (non-hydrogen) atoms. The van der Waals surface area contributed by atoms with Crippen molar-refractivity contribution in [2.45, 2.75) is 19.9 Å². The molecule has 0 aliphatic carbocycles. The van der Waals surface area contributed by atoms with Crippen LogP contribution >= 0.6 is 15.9 Å². The molecular formula is C23H20BrN3O3. The lowest BCUT2D eigenvalue weighted by molar-refractivity contribution is -0.120. The molecule has 0 aliphatic heterocycles. The molecule has 7 heteroatoms. The highest BCUT2D eigenvalue weighted by Gasteiger charge is 2.16. The zero-order valence-corrected chi connectivity index (χ0v) is 18.0. The molecule has 0 bridgehead atoms. The average Bonchev–Trinajstić information content (AvgIpc) is 3.02. The van der Waals surface area contributed by atoms with Crippen LogP contribution in [0.5, 0.6) is 11.6 Å². The third-order valence-electron chi connectivity index (χ3n) is 4.76. The molecule has 0 spiro atoms. The summed E-state index contributed by atoms with van der Waals surface area (Å²) in [5.74, 6) is 0.0598. The minimum absolute atomic E-state index is 0.0104. The van der Waals surface area contributed by atoms with E-state index in [2.05, 4.69) is 26.2 Å². The van der Waals surface area contributed by atoms with E-state index in [4.69, 9.17) is 4.74 Å². The zero-order chi connectivity index (χ0) is 21.1. The smallest absolute Gasteiger partial charge is 0.302 e. The number of halogens is 1. The first-order valence-corrected chi connectivity index (χ1v) is 10.4. The Balaban J connectivity index is 1.49. The van der Waals surface area contributed by atoms with Crippen molar-refractivity contribution in [3.05, 3.63) is 65.1 Å². The maximum atomic E-state index is 12.2. The van der Waals surface area contributed by atoms with Gasteiger partial charge in [0.25, 0.3) is 0 Å². The van der Waals surface area contributed by atoms with Gasteiger partial charge < -0.3 is 14.4 Å². The van der Waals surface area contributed by atoms with Crippen molar-refractivity contribution in [2.75, 3.05) is 6.61 Å². The second kappa shape index (κ2) is 8.67. The van der Waals surface area contributed by atoms with E-state index >= 15 is 0 Å². The van der Waals surface area contributed by atoms with Crippen LogP contribution in [-0.2, 0) is 11.3 Å². The summed E-state index contributed by atoms with van der Waals surface area (Å²) < 4.78 is 8.35. The molecule has 0 aliphatic rings. The van der Waals surface area contributed by atoms with Crippen LogP contribution in [0.2, 0.25) is 0 Å². The van der Waals surface area contributed by atoms with E-state index in [-0.39, 0.29) is 12.5 Å². The van der Waals surface area contributed by atoms with Gasteiger partial charge in [-0.2, -0.15) is 0 Å². The number of carbonyl (C=O) groups is 1. The van der Waals surface area contributed by atoms with E-state index in [1.807, 2.05) is 67.6 Å². The standard InChI is InChI=1S/C23H20BrN3O3/c1-2-11-27-20-6-4-3-5-19(20)22(23(27)29)26-25-21(28)14-30-18-10-8-15-12-17(24)9-7-16(15)13-18/h3-10,12-13,29H,2,11,14H2,1H3. The predicted molar refractivity (Wildman–Crippen MR) is 121 cm³/mol. The van der Waals surface area contributed by atoms with E-state index in [1.165, 1.54) is 0 Å². The second-order valence-corrected chi connectivity index (χ2v) is 7.79. The minimum Gasteiger partial charge on any atom is -0.493 e. The highest BCUT2D eigenvalue weighted by atomic mass is 79.9. The summed E-state index contributed by atoms with van der Waals surface area (Å²) in [5, 5.41) is 21.2. The fraction of sp³-hybridized carbons (Fsp3) is 0.174. The summed E-state index contributed by atoms with van der Waals surface area (Å²) in [7, 11) is 0. The Hall–Kier alpha value is -3.19. The number of amides is 1. The summed E-state index contributed by atoms with van der Waals surface area (Å²) in [5.41, 5.74) is 1.15. The number of carbonyl (C=O) groups excluding carboxylic acids is 1. The highest BCUT2D eigenvalue weighted by Crippen LogP contribution is 2.38. The van der Waals surface area contributed by atoms with Gasteiger partial charge in [0.2, 0.25) is 5.88 Å². The molecule has 6 nitrogen and oxygen atoms in total. The molecule has 0 atom stereocenters. The number of benzene rings is 3. The minimum atomic E-state index is -0.530. The normalized spacial score (nSPS) is 11.5. The highest BCUT2D eigenvalue weighted by molar-refractivity contribution is 9.10. The molecule has 1 aromatic heterocycles. The van der Waals surface area contributed by atoms with E-state index in [9.17, 15) is 9.90 Å². The van der Waals surface area contributed by atoms with E-state index in [0.29, 0.717) is 18.0 Å². The number of hydrogen-bond acceptors (Lipinski definition) is 4. The average molecular weight is 466 g/mol. The fourth-order valence-electron chi connectivity index (χ4n) is 3.38. The monoisotopic (exact) mass is 465 g/mol. The summed E-state index contributed by atoms with van der Waals surface area (Å²) in [6.07, 6.45) is 0.859. The van der Waals surface area contributed by atoms with Gasteiger partial charge in [0, 0.05) is 16.4 Å². The number of aryl methyl sites for hydroxylation is 1. The summed E-state index contributed by atoms with van der Waals surface area (Å²) in [4.78, 5) is 12.2. The van der Waals surface area contributed by atoms with Crippen LogP contribution in [0.15, 0.2) is 75.4 Å². The SMILES string of the molecule is CCCn1c(O)c(N=NC(=O)COc2ccc3cc(Br)ccc3c2)c2ccccc21. The van der Waals surface area contributed by atoms with Crippen molar-refractivity contribution in [2.24, 2.45) is 10.2 Å². The molecule has 0 saturated carbocycles. The van der Waals surface area contributed by atoms with Crippen LogP contribution in [0.25, 0.3) is 21.7 Å². The van der Waals surface area contributed by atoms with Crippen molar-refractivity contribution in [1.29, 1.82) is 0 Å². The van der Waals surface area contributed by atoms with Gasteiger partial charge in [-0.1, -0.05) is 53.2 Å². The van der Waals surface area contributed by atoms with Crippen LogP contribution in [-0.4, -0.2) is 22.2 Å². The van der Waals surface area contributed by atoms with Crippen molar-refractivity contribution in [3.63, 3.8) is 0 Å². The molecule has 0 fully saturated rings. The zero-order valence-electron chi connectivity index (χ0n) is 16.4. The van der Waals surface area contributed by atoms with Crippen molar-refractivity contribution < 1.29 is 14.6 Å². The first-order chi connectivity index (χ1) is 14.6. The molecule has 152 valence electrons. The van der Waals surface area contributed by atoms with Gasteiger partial charge in [-0.3, -0.25) is 4.79 Å². The molecule has 4 aromatic rings. The Bertz CT molecular complexity index is 1260. The van der Waals surface area contributed by atoms with Crippen molar-refractivity contribution in [1.82, 2.24) is 4.57 Å². The van der Waals surface area contributed by atoms with E-state index in [1.54, 1.807) is 4.57 Å². The lowest BCUT2D eigenvalue weighted by atomic mass is 10.1. The lowest BCUT2D eigenvalue weighted by Gasteiger charge is -2.05. The number of hydrogen-bond donors (Lipinski definition) is 1. The summed E-state index contributed by atoms with van der Waals surface area (Å²) in [6.45, 7) is 2.44. The Kier molecular flexibility index (Phi) is 5.81. The topological polar surface area (TPSA) is 76.2 Å². The number of fused-ring (bicyclic) bond motifs is 2. The number of para-hydroxylation sites is 1. The van der Waals surface area contributed by atoms with Crippen LogP contribution in [0.1, 0.15) is 13.3 Å². The largest absolute Gasteiger partial charge is 0.493 e. The fourth-order valence-corrected chi connectivity index (χ4v) is 3.76. The van der Waals surface area contributed by atoms with Gasteiger partial charge in [0.15, 0.2) is 12.3 Å². The first kappa shape index (κ1) is 20.1. The van der Waals surface area contributed by atoms with Gasteiger partial charge in [-0.15, -0.1) is 10.2 Å². The predicted octanol–water partition coefficient (Wildman–Crippen LogP) is 6.36. The molecule has 1 amide bonds. The van der Waals surface area contributed by atoms with Crippen LogP contribution in [0.3, 0.4) is 0 Å². The summed E-state index contributed by atoms with van der Waals surface area (Å²) >= 11 is 3.45. The number of rotatable bonds is 6. The number of aromatic nitrogens is 1. The Morgan fingerprint density at radius 2 is 1.87 bits per heavy atom. The third-order valence-corrected chi connectivity index (χ3v) is 5.26. The third kappa shape index (κ3) is 4.07. The maximum Gasteiger partial charge on any atom is 0.302 e. The molecule has 4 rings (SSSR count). The molecule has 1 heterocycles. The Morgan fingerprint density at radius 3 is 2.70 bits per heavy atom. The molecular weight excluding hydrogens is 446 g/mol. The van der Waals surface area contributed by atoms with E-state index in [0.717, 1.165) is 32.6 Å². The van der Waals surface area contributed by atoms with Crippen LogP contribution in [0.4, 0.5) is 5.69 Å². The molecule has 1 N–H and O–H groups in total. The van der Waals surface area contributed by atoms with Crippen molar-refractivity contribution >= 4 is 49.2 Å².